The predicted molar refractivity (Wildman–Crippen MR) is 69.3 cm³/mol. The summed E-state index contributed by atoms with van der Waals surface area (Å²) in [6, 6.07) is 16.3. The normalized spacial score (nSPS) is 10.0. The first-order valence-electron chi connectivity index (χ1n) is 4.63. The summed E-state index contributed by atoms with van der Waals surface area (Å²) in [5.41, 5.74) is 0. The molecular weight excluding hydrogens is 310 g/mol. The van der Waals surface area contributed by atoms with Crippen molar-refractivity contribution in [2.24, 2.45) is 0 Å². The Hall–Kier alpha value is -0.643. The van der Waals surface area contributed by atoms with Crippen LogP contribution in [0.15, 0.2) is 48.5 Å². The van der Waals surface area contributed by atoms with Crippen LogP contribution < -0.4 is 13.4 Å². The van der Waals surface area contributed by atoms with E-state index in [0.29, 0.717) is 0 Å². The van der Waals surface area contributed by atoms with Crippen LogP contribution in [0.5, 0.6) is 11.5 Å². The molecule has 0 aliphatic rings. The van der Waals surface area contributed by atoms with Gasteiger partial charge in [-0.3, -0.25) is 0 Å². The van der Waals surface area contributed by atoms with Crippen molar-refractivity contribution in [3.63, 3.8) is 0 Å². The molecule has 2 aromatic rings. The maximum atomic E-state index is 5.70. The van der Waals surface area contributed by atoms with Crippen LogP contribution in [0.3, 0.4) is 0 Å². The molecule has 2 atom stereocenters. The molecule has 15 heavy (non-hydrogen) atoms. The fourth-order valence-electron chi connectivity index (χ4n) is 1.21. The molecule has 0 heterocycles. The van der Waals surface area contributed by atoms with Crippen LogP contribution in [-0.4, -0.2) is 33.7 Å². The van der Waals surface area contributed by atoms with Crippen molar-refractivity contribution in [3.05, 3.63) is 48.5 Å². The summed E-state index contributed by atoms with van der Waals surface area (Å²) >= 11 is 3.25. The molecule has 3 heteroatoms. The molecule has 0 bridgehead atoms. The standard InChI is InChI=1S/C12H12As2O/c13-9-1-5-11(6-2-9)15-12-7-3-10(14)4-8-12/h1-8H,13-14H2. The Morgan fingerprint density at radius 3 is 1.27 bits per heavy atom. The van der Waals surface area contributed by atoms with Crippen LogP contribution in [0.2, 0.25) is 0 Å². The molecule has 0 N–H and O–H groups in total. The van der Waals surface area contributed by atoms with E-state index in [0.717, 1.165) is 11.5 Å². The number of ether oxygens (including phenoxy) is 1. The predicted octanol–water partition coefficient (Wildman–Crippen LogP) is -0.00430. The van der Waals surface area contributed by atoms with Gasteiger partial charge in [0.2, 0.25) is 0 Å². The summed E-state index contributed by atoms with van der Waals surface area (Å²) in [5, 5.41) is 0. The molecule has 76 valence electrons. The fourth-order valence-corrected chi connectivity index (χ4v) is 2.02. The number of hydrogen-bond donors (Lipinski definition) is 0. The first-order valence-corrected chi connectivity index (χ1v) is 7.05. The van der Waals surface area contributed by atoms with Crippen molar-refractivity contribution in [2.45, 2.75) is 0 Å². The number of rotatable bonds is 2. The third-order valence-electron chi connectivity index (χ3n) is 2.00. The molecule has 1 nitrogen and oxygen atoms in total. The van der Waals surface area contributed by atoms with Gasteiger partial charge in [-0.25, -0.2) is 0 Å². The SMILES string of the molecule is [AsH2]c1ccc(Oc2ccc([AsH2])cc2)cc1. The van der Waals surface area contributed by atoms with Crippen molar-refractivity contribution in [3.8, 4) is 11.5 Å². The minimum atomic E-state index is 0.894. The summed E-state index contributed by atoms with van der Waals surface area (Å²) < 4.78 is 8.32. The van der Waals surface area contributed by atoms with E-state index in [9.17, 15) is 0 Å². The van der Waals surface area contributed by atoms with E-state index in [4.69, 9.17) is 4.74 Å². The van der Waals surface area contributed by atoms with Gasteiger partial charge in [0.1, 0.15) is 0 Å². The fraction of sp³-hybridized carbons (Fsp3) is 0. The summed E-state index contributed by atoms with van der Waals surface area (Å²) in [6.07, 6.45) is 0. The molecule has 0 saturated heterocycles. The van der Waals surface area contributed by atoms with Crippen LogP contribution in [0.4, 0.5) is 0 Å². The van der Waals surface area contributed by atoms with E-state index in [1.807, 2.05) is 24.3 Å². The van der Waals surface area contributed by atoms with Gasteiger partial charge in [-0.1, -0.05) is 0 Å². The molecule has 2 unspecified atom stereocenters. The third kappa shape index (κ3) is 3.16. The molecular formula is C12H12As2O. The van der Waals surface area contributed by atoms with Crippen LogP contribution in [0.25, 0.3) is 0 Å². The Labute approximate surface area is 107 Å². The minimum absolute atomic E-state index is 0.894. The molecule has 0 fully saturated rings. The van der Waals surface area contributed by atoms with Crippen molar-refractivity contribution in [2.75, 3.05) is 0 Å². The van der Waals surface area contributed by atoms with Gasteiger partial charge in [0.25, 0.3) is 0 Å². The van der Waals surface area contributed by atoms with Crippen molar-refractivity contribution in [1.82, 2.24) is 0 Å². The second-order valence-corrected chi connectivity index (χ2v) is 6.04. The summed E-state index contributed by atoms with van der Waals surface area (Å²) in [5.74, 6) is 1.79. The van der Waals surface area contributed by atoms with E-state index in [1.54, 1.807) is 33.7 Å². The Balaban J connectivity index is 2.15. The topological polar surface area (TPSA) is 9.23 Å². The van der Waals surface area contributed by atoms with Crippen LogP contribution >= 0.6 is 0 Å². The van der Waals surface area contributed by atoms with Gasteiger partial charge in [0.05, 0.1) is 0 Å². The average Bonchev–Trinajstić information content (AvgIpc) is 2.25. The maximum absolute atomic E-state index is 5.70. The zero-order valence-electron chi connectivity index (χ0n) is 8.18. The van der Waals surface area contributed by atoms with E-state index in [1.165, 1.54) is 8.70 Å². The average molecular weight is 322 g/mol. The van der Waals surface area contributed by atoms with Crippen LogP contribution in [0.1, 0.15) is 0 Å². The third-order valence-corrected chi connectivity index (χ3v) is 3.61. The molecule has 0 aliphatic carbocycles. The second-order valence-electron chi connectivity index (χ2n) is 3.24. The molecule has 0 spiro atoms. The zero-order valence-corrected chi connectivity index (χ0v) is 13.0. The summed E-state index contributed by atoms with van der Waals surface area (Å²) in [7, 11) is 0. The molecule has 0 aliphatic heterocycles. The van der Waals surface area contributed by atoms with Gasteiger partial charge < -0.3 is 0 Å². The Morgan fingerprint density at radius 1 is 0.600 bits per heavy atom. The van der Waals surface area contributed by atoms with E-state index in [2.05, 4.69) is 24.3 Å². The Kier molecular flexibility index (Phi) is 3.56. The van der Waals surface area contributed by atoms with E-state index in [-0.39, 0.29) is 0 Å². The van der Waals surface area contributed by atoms with Crippen molar-refractivity contribution < 1.29 is 4.74 Å². The molecule has 0 aromatic heterocycles. The van der Waals surface area contributed by atoms with Gasteiger partial charge >= 0.3 is 107 Å². The van der Waals surface area contributed by atoms with Crippen molar-refractivity contribution in [1.29, 1.82) is 0 Å². The van der Waals surface area contributed by atoms with Crippen LogP contribution in [0, 0.1) is 0 Å². The van der Waals surface area contributed by atoms with Gasteiger partial charge in [-0.05, 0) is 0 Å². The second kappa shape index (κ2) is 4.92. The zero-order chi connectivity index (χ0) is 10.7. The molecule has 0 amide bonds. The van der Waals surface area contributed by atoms with Gasteiger partial charge in [-0.15, -0.1) is 0 Å². The monoisotopic (exact) mass is 322 g/mol. The molecule has 2 aromatic carbocycles. The summed E-state index contributed by atoms with van der Waals surface area (Å²) in [4.78, 5) is 0. The van der Waals surface area contributed by atoms with E-state index < -0.39 is 0 Å². The molecule has 2 rings (SSSR count). The Morgan fingerprint density at radius 2 is 0.933 bits per heavy atom. The van der Waals surface area contributed by atoms with Gasteiger partial charge in [0, 0.05) is 0 Å². The van der Waals surface area contributed by atoms with Gasteiger partial charge in [0.15, 0.2) is 0 Å². The van der Waals surface area contributed by atoms with Crippen LogP contribution in [-0.2, 0) is 0 Å². The summed E-state index contributed by atoms with van der Waals surface area (Å²) in [6.45, 7) is 0. The van der Waals surface area contributed by atoms with Crippen molar-refractivity contribution >= 4 is 42.4 Å². The molecule has 0 saturated carbocycles. The van der Waals surface area contributed by atoms with E-state index >= 15 is 0 Å². The first-order chi connectivity index (χ1) is 7.24. The Bertz CT molecular complexity index is 391. The quantitative estimate of drug-likeness (QED) is 0.707. The first kappa shape index (κ1) is 10.9. The van der Waals surface area contributed by atoms with Gasteiger partial charge in [-0.2, -0.15) is 0 Å². The number of hydrogen-bond acceptors (Lipinski definition) is 1. The number of benzene rings is 2. The molecule has 0 radical (unpaired) electrons.